The predicted molar refractivity (Wildman–Crippen MR) is 453 cm³/mol. The fourth-order valence-corrected chi connectivity index (χ4v) is 15.2. The van der Waals surface area contributed by atoms with Crippen LogP contribution in [0.25, 0.3) is 90.9 Å². The zero-order valence-corrected chi connectivity index (χ0v) is 69.3. The number of H-pyrrole nitrogens is 2. The molecule has 0 amide bonds. The third-order valence-electron chi connectivity index (χ3n) is 22.1. The first-order chi connectivity index (χ1) is 50.5. The normalized spacial score (nSPS) is 13.3. The van der Waals surface area contributed by atoms with Crippen LogP contribution in [0.2, 0.25) is 0 Å². The van der Waals surface area contributed by atoms with Crippen molar-refractivity contribution >= 4 is 46.4 Å². The summed E-state index contributed by atoms with van der Waals surface area (Å²) in [6.45, 7) is 57.8. The Hall–Kier alpha value is -9.92. The number of aromatic amines is 2. The molecule has 0 saturated heterocycles. The molecule has 0 radical (unpaired) electrons. The molecular weight excluding hydrogens is 1310 g/mol. The molecule has 9 heterocycles. The SMILES string of the molecule is CC(C)(C)c1ccc(-c2c3nc(c(-c4c(C[n+]5ccc(C(C)(C)C)cc5)cc(C(C)(C)C)cc4C[n+]4ccc(C(C)(C)C)cc4)c4ccc([nH]4)c(-c4ccc(C(C)(C)C)cc4)c4nc(c(-c5c(C[n+]6ccc(C(C)(C)C)cc6)cc(C(C)(C)C)cc5C[n+]5ccc(C(C)(C)C)cc5)c5ccc2[nH]5)C=C4)C=C3)cc1. The lowest BCUT2D eigenvalue weighted by atomic mass is 9.81. The maximum Gasteiger partial charge on any atom is 0.174 e. The average molecular weight is 1430 g/mol. The maximum absolute atomic E-state index is 6.07. The van der Waals surface area contributed by atoms with Crippen molar-refractivity contribution in [3.05, 3.63) is 285 Å². The van der Waals surface area contributed by atoms with Crippen molar-refractivity contribution < 1.29 is 18.3 Å². The molecule has 2 aliphatic heterocycles. The molecule has 2 aliphatic rings. The zero-order valence-electron chi connectivity index (χ0n) is 69.3. The van der Waals surface area contributed by atoms with Gasteiger partial charge >= 0.3 is 0 Å². The summed E-state index contributed by atoms with van der Waals surface area (Å²) in [6, 6.07) is 56.0. The van der Waals surface area contributed by atoms with E-state index in [1.807, 2.05) is 0 Å². The zero-order chi connectivity index (χ0) is 77.6. The Balaban J connectivity index is 1.19. The van der Waals surface area contributed by atoms with Gasteiger partial charge in [0.1, 0.15) is 0 Å². The number of hydrogen-bond donors (Lipinski definition) is 2. The molecule has 108 heavy (non-hydrogen) atoms. The topological polar surface area (TPSA) is 72.9 Å². The molecule has 0 fully saturated rings. The van der Waals surface area contributed by atoms with Crippen LogP contribution in [-0.4, -0.2) is 19.9 Å². The largest absolute Gasteiger partial charge is 0.354 e. The van der Waals surface area contributed by atoms with E-state index < -0.39 is 0 Å². The van der Waals surface area contributed by atoms with E-state index in [9.17, 15) is 0 Å². The fraction of sp³-hybridized carbons (Fsp3) is 0.360. The van der Waals surface area contributed by atoms with Crippen LogP contribution in [0.15, 0.2) is 195 Å². The summed E-state index contributed by atoms with van der Waals surface area (Å²) in [4.78, 5) is 20.6. The monoisotopic (exact) mass is 1430 g/mol. The minimum atomic E-state index is -0.177. The highest BCUT2D eigenvalue weighted by atomic mass is 15.0. The Kier molecular flexibility index (Phi) is 20.0. The minimum Gasteiger partial charge on any atom is -0.354 e. The van der Waals surface area contributed by atoms with E-state index >= 15 is 0 Å². The van der Waals surface area contributed by atoms with Gasteiger partial charge in [-0.25, -0.2) is 28.2 Å². The molecule has 0 atom stereocenters. The van der Waals surface area contributed by atoms with Crippen LogP contribution in [0.3, 0.4) is 0 Å². The molecule has 11 aromatic rings. The Morgan fingerprint density at radius 2 is 0.417 bits per heavy atom. The molecular formula is C100H118N8+4. The summed E-state index contributed by atoms with van der Waals surface area (Å²) < 4.78 is 9.44. The lowest BCUT2D eigenvalue weighted by Crippen LogP contribution is -2.36. The van der Waals surface area contributed by atoms with Crippen LogP contribution in [0.4, 0.5) is 0 Å². The molecule has 0 saturated carbocycles. The molecule has 0 aliphatic carbocycles. The number of fused-ring (bicyclic) bond motifs is 8. The second-order valence-corrected chi connectivity index (χ2v) is 39.0. The number of nitrogens with zero attached hydrogens (tertiary/aromatic N) is 6. The van der Waals surface area contributed by atoms with Gasteiger partial charge in [-0.05, 0) is 172 Å². The van der Waals surface area contributed by atoms with Gasteiger partial charge in [-0.1, -0.05) is 215 Å². The summed E-state index contributed by atoms with van der Waals surface area (Å²) in [5.74, 6) is 0. The van der Waals surface area contributed by atoms with Gasteiger partial charge in [-0.2, -0.15) is 0 Å². The fourth-order valence-electron chi connectivity index (χ4n) is 15.2. The Bertz CT molecular complexity index is 4920. The highest BCUT2D eigenvalue weighted by Crippen LogP contribution is 2.45. The van der Waals surface area contributed by atoms with E-state index in [4.69, 9.17) is 9.97 Å². The lowest BCUT2D eigenvalue weighted by molar-refractivity contribution is -0.689. The van der Waals surface area contributed by atoms with Crippen LogP contribution in [-0.2, 0) is 69.5 Å². The molecule has 8 bridgehead atoms. The molecule has 554 valence electrons. The Morgan fingerprint density at radius 1 is 0.222 bits per heavy atom. The molecule has 7 aromatic heterocycles. The van der Waals surface area contributed by atoms with E-state index in [2.05, 4.69) is 414 Å². The molecule has 13 rings (SSSR count). The van der Waals surface area contributed by atoms with Gasteiger partial charge in [-0.15, -0.1) is 0 Å². The Morgan fingerprint density at radius 3 is 0.630 bits per heavy atom. The van der Waals surface area contributed by atoms with Gasteiger partial charge in [0.15, 0.2) is 75.8 Å². The summed E-state index contributed by atoms with van der Waals surface area (Å²) in [5, 5.41) is 0. The molecule has 4 aromatic carbocycles. The third kappa shape index (κ3) is 16.4. The highest BCUT2D eigenvalue weighted by Gasteiger charge is 2.32. The molecule has 2 N–H and O–H groups in total. The smallest absolute Gasteiger partial charge is 0.174 e. The second-order valence-electron chi connectivity index (χ2n) is 39.0. The lowest BCUT2D eigenvalue weighted by Gasteiger charge is -2.24. The first kappa shape index (κ1) is 76.3. The maximum atomic E-state index is 6.07. The van der Waals surface area contributed by atoms with E-state index in [1.54, 1.807) is 0 Å². The number of aromatic nitrogens is 8. The summed E-state index contributed by atoms with van der Waals surface area (Å²) >= 11 is 0. The average Bonchev–Trinajstić information content (AvgIpc) is 1.48. The molecule has 8 nitrogen and oxygen atoms in total. The van der Waals surface area contributed by atoms with Crippen molar-refractivity contribution in [2.24, 2.45) is 0 Å². The van der Waals surface area contributed by atoms with Gasteiger partial charge in [0.25, 0.3) is 0 Å². The van der Waals surface area contributed by atoms with Gasteiger partial charge in [-0.3, -0.25) is 0 Å². The second kappa shape index (κ2) is 28.3. The van der Waals surface area contributed by atoms with Crippen LogP contribution < -0.4 is 18.3 Å². The summed E-state index contributed by atoms with van der Waals surface area (Å²) in [7, 11) is 0. The van der Waals surface area contributed by atoms with Crippen molar-refractivity contribution in [3.63, 3.8) is 0 Å². The first-order valence-corrected chi connectivity index (χ1v) is 39.2. The van der Waals surface area contributed by atoms with E-state index in [0.29, 0.717) is 26.2 Å². The van der Waals surface area contributed by atoms with Crippen molar-refractivity contribution in [3.8, 4) is 44.5 Å². The minimum absolute atomic E-state index is 0.00448. The van der Waals surface area contributed by atoms with Crippen LogP contribution in [0.1, 0.15) is 256 Å². The summed E-state index contributed by atoms with van der Waals surface area (Å²) in [5.41, 5.74) is 30.5. The summed E-state index contributed by atoms with van der Waals surface area (Å²) in [6.07, 6.45) is 27.3. The van der Waals surface area contributed by atoms with E-state index in [1.165, 1.54) is 66.8 Å². The highest BCUT2D eigenvalue weighted by molar-refractivity contribution is 6.01. The predicted octanol–water partition coefficient (Wildman–Crippen LogP) is 23.0. The van der Waals surface area contributed by atoms with Crippen molar-refractivity contribution in [2.45, 2.75) is 236 Å². The number of rotatable bonds is 12. The Labute approximate surface area is 645 Å². The van der Waals surface area contributed by atoms with Crippen molar-refractivity contribution in [1.82, 2.24) is 19.9 Å². The number of hydrogen-bond acceptors (Lipinski definition) is 2. The molecule has 0 spiro atoms. The van der Waals surface area contributed by atoms with E-state index in [-0.39, 0.29) is 43.3 Å². The van der Waals surface area contributed by atoms with E-state index in [0.717, 1.165) is 89.4 Å². The quantitative estimate of drug-likeness (QED) is 0.120. The van der Waals surface area contributed by atoms with Gasteiger partial charge in [0, 0.05) is 126 Å². The third-order valence-corrected chi connectivity index (χ3v) is 22.1. The molecule has 8 heteroatoms. The van der Waals surface area contributed by atoms with Crippen LogP contribution in [0, 0.1) is 0 Å². The first-order valence-electron chi connectivity index (χ1n) is 39.2. The van der Waals surface area contributed by atoms with Gasteiger partial charge in [0.05, 0.1) is 22.8 Å². The number of pyridine rings is 4. The van der Waals surface area contributed by atoms with Gasteiger partial charge < -0.3 is 9.97 Å². The van der Waals surface area contributed by atoms with Crippen molar-refractivity contribution in [1.29, 1.82) is 0 Å². The van der Waals surface area contributed by atoms with Gasteiger partial charge in [0.2, 0.25) is 0 Å². The van der Waals surface area contributed by atoms with Crippen LogP contribution in [0.5, 0.6) is 0 Å². The van der Waals surface area contributed by atoms with Crippen molar-refractivity contribution in [2.75, 3.05) is 0 Å². The molecule has 0 unspecified atom stereocenters. The number of benzene rings is 4. The van der Waals surface area contributed by atoms with Crippen LogP contribution >= 0.6 is 0 Å². The number of nitrogens with one attached hydrogen (secondary N) is 2. The standard InChI is InChI=1S/C100H118N8/c1-93(2,3)71-29-25-65(26-30-71)89-79-33-37-83(101-79)91(87-67(61-105-49-41-73(42-50-105)95(7,8)9)57-77(99(19,20)21)58-68(87)62-106-51-43-74(44-52-106)96(10,11)12)85-39-35-81(103-85)90(66-27-31-72(32-28-66)94(4,5)6)82-36-40-86(104-82)92(84-38-34-80(89)102-84)88-69(63-107-53-45-75(46-54-107)97(13,14)15)59-78(100(22,23)24)60-70(88)64-108-55-47-76(48-56-108)98(16,17)18/h25-60,101,104H,61-64H2,1-24H3/q+4.